The van der Waals surface area contributed by atoms with E-state index in [0.717, 1.165) is 93.5 Å². The number of hydrogen-bond acceptors (Lipinski definition) is 10. The number of benzene rings is 3. The molecular weight excluding hydrogens is 732 g/mol. The van der Waals surface area contributed by atoms with Gasteiger partial charge in [-0.3, -0.25) is 39.1 Å². The van der Waals surface area contributed by atoms with Gasteiger partial charge in [0, 0.05) is 99.9 Å². The third-order valence-electron chi connectivity index (χ3n) is 12.2. The molecule has 0 aromatic heterocycles. The molecule has 0 bridgehead atoms. The van der Waals surface area contributed by atoms with Crippen LogP contribution in [-0.2, 0) is 9.59 Å². The monoisotopic (exact) mass is 776 g/mol. The van der Waals surface area contributed by atoms with Crippen molar-refractivity contribution in [3.05, 3.63) is 87.9 Å². The van der Waals surface area contributed by atoms with Crippen LogP contribution in [0, 0.1) is 17.2 Å². The van der Waals surface area contributed by atoms with Gasteiger partial charge in [0.1, 0.15) is 12.1 Å². The maximum atomic E-state index is 13.3. The lowest BCUT2D eigenvalue weighted by Crippen LogP contribution is -2.55. The van der Waals surface area contributed by atoms with Crippen LogP contribution in [0.2, 0.25) is 5.02 Å². The van der Waals surface area contributed by atoms with Gasteiger partial charge in [0.2, 0.25) is 11.8 Å². The molecule has 290 valence electrons. The fraction of sp³-hybridized carbons (Fsp3) is 0.429. The zero-order valence-corrected chi connectivity index (χ0v) is 32.1. The number of amides is 5. The Morgan fingerprint density at radius 3 is 2.23 bits per heavy atom. The van der Waals surface area contributed by atoms with Crippen molar-refractivity contribution in [1.29, 1.82) is 5.26 Å². The third kappa shape index (κ3) is 7.43. The van der Waals surface area contributed by atoms with E-state index >= 15 is 0 Å². The average Bonchev–Trinajstić information content (AvgIpc) is 3.44. The first kappa shape index (κ1) is 37.5. The highest BCUT2D eigenvalue weighted by atomic mass is 35.5. The fourth-order valence-electron chi connectivity index (χ4n) is 8.83. The molecule has 1 aliphatic carbocycles. The summed E-state index contributed by atoms with van der Waals surface area (Å²) in [4.78, 5) is 73.8. The molecular formula is C42H45ClN8O5. The minimum atomic E-state index is -0.972. The standard InChI is InChI=1S/C42H45ClN8O5/c1-47(32-9-4-28(22-44)36(43)21-32)30-10-5-29(6-11-30)45-39(53)27-2-7-31(8-3-27)50-24-26(25-50)23-48-16-18-49(19-17-48)33-12-13-34-35(20-33)42(56)51(41(34)55)37-14-15-38(52)46-40(37)54/h2-4,7-9,12-13,20-21,26,29-30,37H,5-6,10-11,14-19,23-25H2,1H3,(H,45,53)(H,46,52,54). The van der Waals surface area contributed by atoms with Crippen LogP contribution < -0.4 is 25.3 Å². The normalized spacial score (nSPS) is 23.0. The lowest BCUT2D eigenvalue weighted by molar-refractivity contribution is -0.136. The summed E-state index contributed by atoms with van der Waals surface area (Å²) >= 11 is 6.26. The molecule has 0 spiro atoms. The van der Waals surface area contributed by atoms with Crippen molar-refractivity contribution in [2.45, 2.75) is 56.7 Å². The summed E-state index contributed by atoms with van der Waals surface area (Å²) in [7, 11) is 2.06. The predicted octanol–water partition coefficient (Wildman–Crippen LogP) is 4.05. The zero-order chi connectivity index (χ0) is 39.1. The van der Waals surface area contributed by atoms with Gasteiger partial charge in [-0.05, 0) is 92.8 Å². The van der Waals surface area contributed by atoms with E-state index in [-0.39, 0.29) is 24.8 Å². The van der Waals surface area contributed by atoms with Gasteiger partial charge < -0.3 is 20.0 Å². The third-order valence-corrected chi connectivity index (χ3v) is 12.5. The maximum Gasteiger partial charge on any atom is 0.262 e. The smallest absolute Gasteiger partial charge is 0.262 e. The largest absolute Gasteiger partial charge is 0.372 e. The topological polar surface area (TPSA) is 149 Å². The number of piperidine rings is 1. The van der Waals surface area contributed by atoms with E-state index in [1.807, 2.05) is 42.5 Å². The van der Waals surface area contributed by atoms with Crippen molar-refractivity contribution < 1.29 is 24.0 Å². The molecule has 1 unspecified atom stereocenters. The van der Waals surface area contributed by atoms with Crippen molar-refractivity contribution in [3.63, 3.8) is 0 Å². The number of carbonyl (C=O) groups is 5. The lowest BCUT2D eigenvalue weighted by atomic mass is 9.90. The first-order valence-corrected chi connectivity index (χ1v) is 19.9. The number of rotatable bonds is 9. The minimum Gasteiger partial charge on any atom is -0.372 e. The Morgan fingerprint density at radius 1 is 0.857 bits per heavy atom. The molecule has 14 heteroatoms. The van der Waals surface area contributed by atoms with E-state index in [4.69, 9.17) is 11.6 Å². The van der Waals surface area contributed by atoms with Gasteiger partial charge in [-0.2, -0.15) is 5.26 Å². The number of imide groups is 2. The Morgan fingerprint density at radius 2 is 1.55 bits per heavy atom. The van der Waals surface area contributed by atoms with Crippen LogP contribution in [-0.4, -0.2) is 110 Å². The van der Waals surface area contributed by atoms with Crippen LogP contribution in [0.4, 0.5) is 17.1 Å². The van der Waals surface area contributed by atoms with Crippen LogP contribution in [0.3, 0.4) is 0 Å². The van der Waals surface area contributed by atoms with Gasteiger partial charge in [-0.15, -0.1) is 0 Å². The molecule has 5 amide bonds. The molecule has 3 saturated heterocycles. The molecule has 56 heavy (non-hydrogen) atoms. The highest BCUT2D eigenvalue weighted by Crippen LogP contribution is 2.33. The van der Waals surface area contributed by atoms with Crippen LogP contribution in [0.25, 0.3) is 0 Å². The maximum absolute atomic E-state index is 13.3. The second-order valence-electron chi connectivity index (χ2n) is 15.6. The summed E-state index contributed by atoms with van der Waals surface area (Å²) < 4.78 is 0. The van der Waals surface area contributed by atoms with Crippen LogP contribution >= 0.6 is 11.6 Å². The summed E-state index contributed by atoms with van der Waals surface area (Å²) in [6.07, 6.45) is 3.94. The second kappa shape index (κ2) is 15.6. The molecule has 1 atom stereocenters. The van der Waals surface area contributed by atoms with E-state index in [9.17, 15) is 29.2 Å². The number of anilines is 3. The molecule has 4 fully saturated rings. The number of halogens is 1. The molecule has 5 aliphatic rings. The molecule has 8 rings (SSSR count). The fourth-order valence-corrected chi connectivity index (χ4v) is 9.05. The minimum absolute atomic E-state index is 0.0398. The average molecular weight is 777 g/mol. The first-order valence-electron chi connectivity index (χ1n) is 19.5. The van der Waals surface area contributed by atoms with Gasteiger partial charge in [-0.25, -0.2) is 0 Å². The van der Waals surface area contributed by atoms with Gasteiger partial charge in [-0.1, -0.05) is 11.6 Å². The molecule has 3 aromatic carbocycles. The number of nitriles is 1. The zero-order valence-electron chi connectivity index (χ0n) is 31.4. The SMILES string of the molecule is CN(c1ccc(C#N)c(Cl)c1)C1CCC(NC(=O)c2ccc(N3CC(CN4CCN(c5ccc6c(c5)C(=O)N(C5CCC(=O)NC5=O)C6=O)CC4)C3)cc2)CC1. The summed E-state index contributed by atoms with van der Waals surface area (Å²) in [5.74, 6) is -1.47. The Balaban J connectivity index is 0.758. The number of carbonyl (C=O) groups excluding carboxylic acids is 5. The molecule has 13 nitrogen and oxygen atoms in total. The summed E-state index contributed by atoms with van der Waals surface area (Å²) in [6.45, 7) is 6.29. The molecule has 2 N–H and O–H groups in total. The number of fused-ring (bicyclic) bond motifs is 1. The van der Waals surface area contributed by atoms with E-state index < -0.39 is 29.7 Å². The van der Waals surface area contributed by atoms with E-state index in [1.54, 1.807) is 18.2 Å². The Kier molecular flexibility index (Phi) is 10.4. The number of nitrogens with zero attached hydrogens (tertiary/aromatic N) is 6. The number of piperazine rings is 1. The van der Waals surface area contributed by atoms with Gasteiger partial charge >= 0.3 is 0 Å². The van der Waals surface area contributed by atoms with Crippen molar-refractivity contribution in [3.8, 4) is 6.07 Å². The second-order valence-corrected chi connectivity index (χ2v) is 16.1. The highest BCUT2D eigenvalue weighted by molar-refractivity contribution is 6.32. The van der Waals surface area contributed by atoms with Crippen LogP contribution in [0.15, 0.2) is 60.7 Å². The van der Waals surface area contributed by atoms with Crippen molar-refractivity contribution >= 4 is 58.2 Å². The van der Waals surface area contributed by atoms with Crippen LogP contribution in [0.5, 0.6) is 0 Å². The van der Waals surface area contributed by atoms with E-state index in [1.165, 1.54) is 0 Å². The summed E-state index contributed by atoms with van der Waals surface area (Å²) in [6, 6.07) is 20.4. The van der Waals surface area contributed by atoms with E-state index in [2.05, 4.69) is 43.4 Å². The molecule has 1 saturated carbocycles. The number of hydrogen-bond donors (Lipinski definition) is 2. The summed E-state index contributed by atoms with van der Waals surface area (Å²) in [5.41, 5.74) is 4.73. The summed E-state index contributed by atoms with van der Waals surface area (Å²) in [5, 5.41) is 15.1. The van der Waals surface area contributed by atoms with Gasteiger partial charge in [0.25, 0.3) is 17.7 Å². The van der Waals surface area contributed by atoms with Crippen LogP contribution in [0.1, 0.15) is 75.2 Å². The molecule has 4 heterocycles. The lowest BCUT2D eigenvalue weighted by Gasteiger charge is -2.45. The van der Waals surface area contributed by atoms with Crippen molar-refractivity contribution in [1.82, 2.24) is 20.4 Å². The number of nitrogens with one attached hydrogen (secondary N) is 2. The van der Waals surface area contributed by atoms with Gasteiger partial charge in [0.05, 0.1) is 21.7 Å². The molecule has 4 aliphatic heterocycles. The van der Waals surface area contributed by atoms with Gasteiger partial charge in [0.15, 0.2) is 0 Å². The van der Waals surface area contributed by atoms with Crippen molar-refractivity contribution in [2.75, 3.05) is 67.6 Å². The Bertz CT molecular complexity index is 2100. The van der Waals surface area contributed by atoms with Crippen molar-refractivity contribution in [2.24, 2.45) is 5.92 Å². The molecule has 3 aromatic rings. The Labute approximate surface area is 331 Å². The predicted molar refractivity (Wildman–Crippen MR) is 212 cm³/mol. The van der Waals surface area contributed by atoms with E-state index in [0.29, 0.717) is 39.2 Å². The quantitative estimate of drug-likeness (QED) is 0.305. The Hall–Kier alpha value is -5.45. The molecule has 0 radical (unpaired) electrons. The highest BCUT2D eigenvalue weighted by Gasteiger charge is 2.45. The first-order chi connectivity index (χ1) is 27.1.